The molecule has 0 saturated carbocycles. The SMILES string of the molecule is N=NN1Cc2cc(Cl)ccc2NN1. The molecule has 0 fully saturated rings. The van der Waals surface area contributed by atoms with E-state index in [1.807, 2.05) is 18.2 Å². The Balaban J connectivity index is 2.32. The first-order chi connectivity index (χ1) is 6.29. The van der Waals surface area contributed by atoms with Crippen LogP contribution in [0.5, 0.6) is 0 Å². The first-order valence-corrected chi connectivity index (χ1v) is 4.12. The van der Waals surface area contributed by atoms with Crippen LogP contribution in [0.15, 0.2) is 23.4 Å². The largest absolute Gasteiger partial charge is 0.302 e. The Bertz CT molecular complexity index is 340. The Morgan fingerprint density at radius 3 is 3.15 bits per heavy atom. The third-order valence-corrected chi connectivity index (χ3v) is 2.06. The highest BCUT2D eigenvalue weighted by Gasteiger charge is 2.13. The van der Waals surface area contributed by atoms with Crippen molar-refractivity contribution >= 4 is 17.3 Å². The van der Waals surface area contributed by atoms with Crippen molar-refractivity contribution in [1.82, 2.24) is 10.7 Å². The van der Waals surface area contributed by atoms with Gasteiger partial charge in [0.05, 0.1) is 12.2 Å². The van der Waals surface area contributed by atoms with Crippen molar-refractivity contribution in [1.29, 1.82) is 5.53 Å². The molecule has 0 saturated heterocycles. The second-order valence-corrected chi connectivity index (χ2v) is 3.13. The summed E-state index contributed by atoms with van der Waals surface area (Å²) in [7, 11) is 0. The van der Waals surface area contributed by atoms with Gasteiger partial charge >= 0.3 is 0 Å². The molecule has 13 heavy (non-hydrogen) atoms. The maximum absolute atomic E-state index is 6.81. The molecular formula is C7H8ClN5. The van der Waals surface area contributed by atoms with Crippen LogP contribution in [0.1, 0.15) is 5.56 Å². The molecule has 6 heteroatoms. The molecular weight excluding hydrogens is 190 g/mol. The second-order valence-electron chi connectivity index (χ2n) is 2.70. The van der Waals surface area contributed by atoms with Crippen molar-refractivity contribution in [2.24, 2.45) is 5.22 Å². The van der Waals surface area contributed by atoms with E-state index in [1.54, 1.807) is 0 Å². The summed E-state index contributed by atoms with van der Waals surface area (Å²) in [6.07, 6.45) is 0. The normalized spacial score (nSPS) is 14.7. The lowest BCUT2D eigenvalue weighted by Crippen LogP contribution is -2.41. The number of nitrogens with one attached hydrogen (secondary N) is 3. The molecule has 0 spiro atoms. The Morgan fingerprint density at radius 2 is 2.38 bits per heavy atom. The van der Waals surface area contributed by atoms with Crippen LogP contribution < -0.4 is 11.0 Å². The number of benzene rings is 1. The van der Waals surface area contributed by atoms with Crippen LogP contribution in [-0.2, 0) is 6.54 Å². The third-order valence-electron chi connectivity index (χ3n) is 1.83. The van der Waals surface area contributed by atoms with E-state index in [0.29, 0.717) is 11.6 Å². The molecule has 68 valence electrons. The molecule has 0 aliphatic carbocycles. The van der Waals surface area contributed by atoms with Crippen LogP contribution in [0.4, 0.5) is 5.69 Å². The van der Waals surface area contributed by atoms with E-state index in [-0.39, 0.29) is 0 Å². The van der Waals surface area contributed by atoms with Crippen molar-refractivity contribution in [2.45, 2.75) is 6.54 Å². The van der Waals surface area contributed by atoms with Crippen molar-refractivity contribution in [3.05, 3.63) is 28.8 Å². The van der Waals surface area contributed by atoms with E-state index >= 15 is 0 Å². The molecule has 2 rings (SSSR count). The minimum atomic E-state index is 0.534. The lowest BCUT2D eigenvalue weighted by Gasteiger charge is -2.26. The van der Waals surface area contributed by atoms with Gasteiger partial charge in [-0.3, -0.25) is 0 Å². The van der Waals surface area contributed by atoms with Gasteiger partial charge in [-0.25, -0.2) is 0 Å². The lowest BCUT2D eigenvalue weighted by molar-refractivity contribution is 0.174. The van der Waals surface area contributed by atoms with Gasteiger partial charge in [-0.05, 0) is 18.2 Å². The maximum atomic E-state index is 6.81. The number of rotatable bonds is 1. The first-order valence-electron chi connectivity index (χ1n) is 3.74. The Labute approximate surface area is 80.1 Å². The summed E-state index contributed by atoms with van der Waals surface area (Å²) < 4.78 is 0. The van der Waals surface area contributed by atoms with Crippen molar-refractivity contribution in [3.63, 3.8) is 0 Å². The molecule has 5 nitrogen and oxygen atoms in total. The molecule has 1 aliphatic rings. The summed E-state index contributed by atoms with van der Waals surface area (Å²) in [5.74, 6) is 0. The zero-order chi connectivity index (χ0) is 9.26. The zero-order valence-electron chi connectivity index (χ0n) is 6.71. The molecule has 0 radical (unpaired) electrons. The predicted molar refractivity (Wildman–Crippen MR) is 48.9 cm³/mol. The number of hydrazine groups is 2. The molecule has 0 amide bonds. The number of hydrogen-bond donors (Lipinski definition) is 3. The quantitative estimate of drug-likeness (QED) is 0.603. The van der Waals surface area contributed by atoms with E-state index in [4.69, 9.17) is 17.1 Å². The van der Waals surface area contributed by atoms with Crippen molar-refractivity contribution < 1.29 is 0 Å². The van der Waals surface area contributed by atoms with Crippen LogP contribution in [0.3, 0.4) is 0 Å². The second kappa shape index (κ2) is 3.20. The fourth-order valence-corrected chi connectivity index (χ4v) is 1.40. The number of hydrogen-bond acceptors (Lipinski definition) is 4. The van der Waals surface area contributed by atoms with Crippen LogP contribution in [0.25, 0.3) is 0 Å². The van der Waals surface area contributed by atoms with Gasteiger partial charge in [0.2, 0.25) is 0 Å². The van der Waals surface area contributed by atoms with E-state index in [9.17, 15) is 0 Å². The topological polar surface area (TPSA) is 63.5 Å². The minimum absolute atomic E-state index is 0.534. The average molecular weight is 198 g/mol. The third kappa shape index (κ3) is 1.56. The number of nitrogens with zero attached hydrogens (tertiary/aromatic N) is 2. The molecule has 1 heterocycles. The van der Waals surface area contributed by atoms with Gasteiger partial charge in [0.1, 0.15) is 0 Å². The smallest absolute Gasteiger partial charge is 0.0840 e. The van der Waals surface area contributed by atoms with Gasteiger partial charge in [0, 0.05) is 10.6 Å². The van der Waals surface area contributed by atoms with Crippen LogP contribution >= 0.6 is 11.6 Å². The number of anilines is 1. The standard InChI is InChI=1S/C7H8ClN5/c8-6-1-2-7-5(3-6)4-13(11-9)12-10-7/h1-3,9-10,12H,4H2. The molecule has 1 aromatic carbocycles. The molecule has 0 unspecified atom stereocenters. The molecule has 0 bridgehead atoms. The molecule has 1 aromatic rings. The first kappa shape index (κ1) is 8.28. The Kier molecular flexibility index (Phi) is 2.03. The fourth-order valence-electron chi connectivity index (χ4n) is 1.20. The summed E-state index contributed by atoms with van der Waals surface area (Å²) in [5.41, 5.74) is 14.4. The molecule has 1 aliphatic heterocycles. The fraction of sp³-hybridized carbons (Fsp3) is 0.143. The maximum Gasteiger partial charge on any atom is 0.0840 e. The number of fused-ring (bicyclic) bond motifs is 1. The number of halogens is 1. The van der Waals surface area contributed by atoms with Crippen LogP contribution in [0, 0.1) is 5.53 Å². The molecule has 3 N–H and O–H groups in total. The highest BCUT2D eigenvalue weighted by Crippen LogP contribution is 2.23. The summed E-state index contributed by atoms with van der Waals surface area (Å²) in [4.78, 5) is 0. The lowest BCUT2D eigenvalue weighted by atomic mass is 10.2. The zero-order valence-corrected chi connectivity index (χ0v) is 7.47. The van der Waals surface area contributed by atoms with Gasteiger partial charge in [-0.2, -0.15) is 10.6 Å². The molecule has 0 atom stereocenters. The van der Waals surface area contributed by atoms with E-state index in [0.717, 1.165) is 11.3 Å². The highest BCUT2D eigenvalue weighted by atomic mass is 35.5. The summed E-state index contributed by atoms with van der Waals surface area (Å²) in [6.45, 7) is 0.534. The highest BCUT2D eigenvalue weighted by molar-refractivity contribution is 6.30. The summed E-state index contributed by atoms with van der Waals surface area (Å²) in [5, 5.41) is 5.30. The van der Waals surface area contributed by atoms with E-state index < -0.39 is 0 Å². The predicted octanol–water partition coefficient (Wildman–Crippen LogP) is 1.93. The Hall–Kier alpha value is -1.33. The van der Waals surface area contributed by atoms with Crippen molar-refractivity contribution in [2.75, 3.05) is 5.43 Å². The average Bonchev–Trinajstić information content (AvgIpc) is 2.16. The minimum Gasteiger partial charge on any atom is -0.302 e. The van der Waals surface area contributed by atoms with Gasteiger partial charge in [0.15, 0.2) is 0 Å². The van der Waals surface area contributed by atoms with Gasteiger partial charge in [-0.1, -0.05) is 16.8 Å². The van der Waals surface area contributed by atoms with Crippen molar-refractivity contribution in [3.8, 4) is 0 Å². The van der Waals surface area contributed by atoms with Crippen LogP contribution in [-0.4, -0.2) is 5.12 Å². The van der Waals surface area contributed by atoms with Gasteiger partial charge in [0.25, 0.3) is 0 Å². The summed E-state index contributed by atoms with van der Waals surface area (Å²) >= 11 is 5.82. The van der Waals surface area contributed by atoms with Crippen LogP contribution in [0.2, 0.25) is 5.02 Å². The molecule has 0 aromatic heterocycles. The van der Waals surface area contributed by atoms with E-state index in [2.05, 4.69) is 16.2 Å². The van der Waals surface area contributed by atoms with Gasteiger partial charge in [-0.15, -0.1) is 5.53 Å². The van der Waals surface area contributed by atoms with E-state index in [1.165, 1.54) is 5.12 Å². The summed E-state index contributed by atoms with van der Waals surface area (Å²) in [6, 6.07) is 5.54. The Morgan fingerprint density at radius 1 is 1.54 bits per heavy atom. The monoisotopic (exact) mass is 197 g/mol. The van der Waals surface area contributed by atoms with Gasteiger partial charge < -0.3 is 5.43 Å².